The Morgan fingerprint density at radius 2 is 0.553 bits per heavy atom. The van der Waals surface area contributed by atoms with Gasteiger partial charge in [-0.15, -0.1) is 0 Å². The third-order valence-electron chi connectivity index (χ3n) is 18.8. The van der Waals surface area contributed by atoms with Crippen molar-refractivity contribution in [1.29, 1.82) is 0 Å². The highest BCUT2D eigenvalue weighted by molar-refractivity contribution is 5.76. The Bertz CT molecular complexity index is 1290. The van der Waals surface area contributed by atoms with E-state index in [1.54, 1.807) is 0 Å². The molecule has 0 spiro atoms. The van der Waals surface area contributed by atoms with Crippen molar-refractivity contribution in [1.82, 2.24) is 5.32 Å². The molecule has 0 bridgehead atoms. The van der Waals surface area contributed by atoms with E-state index in [1.807, 2.05) is 0 Å². The third-order valence-corrected chi connectivity index (χ3v) is 18.8. The zero-order chi connectivity index (χ0) is 61.3. The number of nitrogens with one attached hydrogen (secondary N) is 1. The van der Waals surface area contributed by atoms with E-state index in [2.05, 4.69) is 31.3 Å². The van der Waals surface area contributed by atoms with Crippen molar-refractivity contribution in [3.8, 4) is 0 Å². The first-order valence-electron chi connectivity index (χ1n) is 39.4. The topological polar surface area (TPSA) is 95.9 Å². The van der Waals surface area contributed by atoms with Crippen LogP contribution in [0.1, 0.15) is 457 Å². The van der Waals surface area contributed by atoms with E-state index in [4.69, 9.17) is 4.74 Å². The number of aliphatic hydroxyl groups is 2. The maximum atomic E-state index is 12.6. The number of esters is 1. The average molecular weight is 1200 g/mol. The van der Waals surface area contributed by atoms with E-state index >= 15 is 0 Å². The molecule has 0 aliphatic carbocycles. The number of unbranched alkanes of at least 4 members (excludes halogenated alkanes) is 62. The maximum Gasteiger partial charge on any atom is 0.305 e. The number of hydrogen-bond acceptors (Lipinski definition) is 5. The Morgan fingerprint density at radius 1 is 0.318 bits per heavy atom. The third kappa shape index (κ3) is 71.6. The molecule has 0 rings (SSSR count). The molecule has 0 aromatic heterocycles. The van der Waals surface area contributed by atoms with Gasteiger partial charge in [-0.3, -0.25) is 9.59 Å². The number of carbonyl (C=O) groups excluding carboxylic acids is 2. The molecular weight excluding hydrogens is 1040 g/mol. The quantitative estimate of drug-likeness (QED) is 0.0320. The van der Waals surface area contributed by atoms with Crippen LogP contribution in [0.5, 0.6) is 0 Å². The zero-order valence-corrected chi connectivity index (χ0v) is 58.1. The minimum atomic E-state index is -0.662. The Kier molecular flexibility index (Phi) is 73.8. The van der Waals surface area contributed by atoms with Gasteiger partial charge in [-0.2, -0.15) is 0 Å². The van der Waals surface area contributed by atoms with Gasteiger partial charge in [0, 0.05) is 12.8 Å². The normalized spacial score (nSPS) is 12.5. The summed E-state index contributed by atoms with van der Waals surface area (Å²) in [6.07, 6.45) is 94.5. The molecule has 2 unspecified atom stereocenters. The summed E-state index contributed by atoms with van der Waals surface area (Å²) in [4.78, 5) is 24.6. The van der Waals surface area contributed by atoms with Crippen LogP contribution in [0, 0.1) is 0 Å². The van der Waals surface area contributed by atoms with E-state index in [0.29, 0.717) is 25.9 Å². The number of carbonyl (C=O) groups is 2. The largest absolute Gasteiger partial charge is 0.466 e. The second kappa shape index (κ2) is 75.1. The smallest absolute Gasteiger partial charge is 0.305 e. The molecular formula is C79H155NO5. The standard InChI is InChI=1S/C79H155NO5/c1-3-5-7-9-11-13-15-17-19-20-21-22-35-38-41-44-47-51-55-59-63-67-71-77(82)76(75-81)80-78(83)72-68-64-60-56-52-48-45-42-39-36-33-31-29-27-25-23-24-26-28-30-32-34-37-40-43-46-50-54-58-62-66-70-74-85-79(84)73-69-65-61-57-53-49-18-16-14-12-10-8-6-4-2/h16,18,76-77,81-82H,3-15,17,19-75H2,1-2H3,(H,80,83)/b18-16-. The molecule has 0 saturated heterocycles. The summed E-state index contributed by atoms with van der Waals surface area (Å²) in [5.74, 6) is -0.0108. The Labute approximate surface area is 533 Å². The highest BCUT2D eigenvalue weighted by atomic mass is 16.5. The van der Waals surface area contributed by atoms with Crippen LogP contribution < -0.4 is 5.32 Å². The van der Waals surface area contributed by atoms with Gasteiger partial charge in [0.05, 0.1) is 25.4 Å². The van der Waals surface area contributed by atoms with Crippen molar-refractivity contribution in [2.24, 2.45) is 0 Å². The van der Waals surface area contributed by atoms with Crippen molar-refractivity contribution in [2.45, 2.75) is 469 Å². The van der Waals surface area contributed by atoms with Gasteiger partial charge >= 0.3 is 5.97 Å². The monoisotopic (exact) mass is 1200 g/mol. The van der Waals surface area contributed by atoms with Gasteiger partial charge < -0.3 is 20.3 Å². The Hall–Kier alpha value is -1.40. The second-order valence-corrected chi connectivity index (χ2v) is 27.4. The van der Waals surface area contributed by atoms with Crippen LogP contribution in [-0.4, -0.2) is 47.4 Å². The summed E-state index contributed by atoms with van der Waals surface area (Å²) >= 11 is 0. The van der Waals surface area contributed by atoms with Gasteiger partial charge in [0.2, 0.25) is 5.91 Å². The fourth-order valence-corrected chi connectivity index (χ4v) is 12.8. The number of allylic oxidation sites excluding steroid dienone is 2. The lowest BCUT2D eigenvalue weighted by molar-refractivity contribution is -0.143. The van der Waals surface area contributed by atoms with E-state index in [1.165, 1.54) is 379 Å². The van der Waals surface area contributed by atoms with Gasteiger partial charge in [-0.1, -0.05) is 405 Å². The molecule has 0 aliphatic rings. The first-order valence-corrected chi connectivity index (χ1v) is 39.4. The summed E-state index contributed by atoms with van der Waals surface area (Å²) in [6, 6.07) is -0.538. The van der Waals surface area contributed by atoms with Gasteiger partial charge in [0.25, 0.3) is 0 Å². The predicted molar refractivity (Wildman–Crippen MR) is 375 cm³/mol. The van der Waals surface area contributed by atoms with Crippen LogP contribution in [0.3, 0.4) is 0 Å². The van der Waals surface area contributed by atoms with E-state index in [-0.39, 0.29) is 18.5 Å². The fourth-order valence-electron chi connectivity index (χ4n) is 12.8. The molecule has 85 heavy (non-hydrogen) atoms. The van der Waals surface area contributed by atoms with Crippen LogP contribution in [0.25, 0.3) is 0 Å². The Balaban J connectivity index is 3.32. The first-order chi connectivity index (χ1) is 42.0. The number of amides is 1. The Morgan fingerprint density at radius 3 is 0.835 bits per heavy atom. The van der Waals surface area contributed by atoms with Crippen LogP contribution >= 0.6 is 0 Å². The average Bonchev–Trinajstić information content (AvgIpc) is 3.50. The van der Waals surface area contributed by atoms with Crippen molar-refractivity contribution in [3.05, 3.63) is 12.2 Å². The molecule has 0 aromatic rings. The molecule has 1 amide bonds. The van der Waals surface area contributed by atoms with Crippen LogP contribution in [0.4, 0.5) is 0 Å². The van der Waals surface area contributed by atoms with Crippen LogP contribution in [0.2, 0.25) is 0 Å². The molecule has 0 aromatic carbocycles. The molecule has 0 radical (unpaired) electrons. The molecule has 2 atom stereocenters. The fraction of sp³-hybridized carbons (Fsp3) is 0.949. The lowest BCUT2D eigenvalue weighted by atomic mass is 10.0. The van der Waals surface area contributed by atoms with E-state index < -0.39 is 12.1 Å². The zero-order valence-electron chi connectivity index (χ0n) is 58.1. The van der Waals surface area contributed by atoms with Crippen molar-refractivity contribution >= 4 is 11.9 Å². The second-order valence-electron chi connectivity index (χ2n) is 27.4. The van der Waals surface area contributed by atoms with E-state index in [9.17, 15) is 19.8 Å². The molecule has 3 N–H and O–H groups in total. The maximum absolute atomic E-state index is 12.6. The van der Waals surface area contributed by atoms with E-state index in [0.717, 1.165) is 44.9 Å². The molecule has 6 nitrogen and oxygen atoms in total. The molecule has 506 valence electrons. The number of rotatable bonds is 75. The highest BCUT2D eigenvalue weighted by Gasteiger charge is 2.20. The number of hydrogen-bond donors (Lipinski definition) is 3. The van der Waals surface area contributed by atoms with Gasteiger partial charge in [0.15, 0.2) is 0 Å². The number of aliphatic hydroxyl groups excluding tert-OH is 2. The lowest BCUT2D eigenvalue weighted by Crippen LogP contribution is -2.45. The minimum Gasteiger partial charge on any atom is -0.466 e. The lowest BCUT2D eigenvalue weighted by Gasteiger charge is -2.22. The molecule has 6 heteroatoms. The van der Waals surface area contributed by atoms with Crippen molar-refractivity contribution < 1.29 is 24.5 Å². The molecule has 0 heterocycles. The summed E-state index contributed by atoms with van der Waals surface area (Å²) in [5, 5.41) is 23.5. The van der Waals surface area contributed by atoms with Gasteiger partial charge in [-0.25, -0.2) is 0 Å². The summed E-state index contributed by atoms with van der Waals surface area (Å²) in [6.45, 7) is 5.00. The number of ether oxygens (including phenoxy) is 1. The van der Waals surface area contributed by atoms with Gasteiger partial charge in [-0.05, 0) is 51.4 Å². The summed E-state index contributed by atoms with van der Waals surface area (Å²) < 4.78 is 5.49. The minimum absolute atomic E-state index is 0.0138. The SMILES string of the molecule is CCCCCCC/C=C\CCCCCCCC(=O)OCCCCCCCCCCCCCCCCCCCCCCCCCCCCCCCCCCC(=O)NC(CO)C(O)CCCCCCCCCCCCCCCCCCCCCCCC. The van der Waals surface area contributed by atoms with Crippen molar-refractivity contribution in [2.75, 3.05) is 13.2 Å². The van der Waals surface area contributed by atoms with Crippen LogP contribution in [0.15, 0.2) is 12.2 Å². The summed E-state index contributed by atoms with van der Waals surface area (Å²) in [5.41, 5.74) is 0. The first kappa shape index (κ1) is 83.6. The predicted octanol–water partition coefficient (Wildman–Crippen LogP) is 25.9. The van der Waals surface area contributed by atoms with Gasteiger partial charge in [0.1, 0.15) is 0 Å². The molecule has 0 fully saturated rings. The van der Waals surface area contributed by atoms with Crippen molar-refractivity contribution in [3.63, 3.8) is 0 Å². The summed E-state index contributed by atoms with van der Waals surface area (Å²) in [7, 11) is 0. The molecule has 0 saturated carbocycles. The molecule has 0 aliphatic heterocycles. The van der Waals surface area contributed by atoms with Crippen LogP contribution in [-0.2, 0) is 14.3 Å². The highest BCUT2D eigenvalue weighted by Crippen LogP contribution is 2.20.